The lowest BCUT2D eigenvalue weighted by Gasteiger charge is -2.02. The number of methoxy groups -OCH3 is 1. The summed E-state index contributed by atoms with van der Waals surface area (Å²) in [6.45, 7) is 1.86. The van der Waals surface area contributed by atoms with Crippen molar-refractivity contribution in [3.63, 3.8) is 0 Å². The Bertz CT molecular complexity index is 372. The molecule has 0 amide bonds. The van der Waals surface area contributed by atoms with Crippen LogP contribution in [-0.2, 0) is 4.74 Å². The predicted octanol–water partition coefficient (Wildman–Crippen LogP) is 1.59. The number of aryl methyl sites for hydroxylation is 1. The van der Waals surface area contributed by atoms with E-state index in [1.807, 2.05) is 6.92 Å². The Hall–Kier alpha value is -1.84. The van der Waals surface area contributed by atoms with E-state index < -0.39 is 5.97 Å². The van der Waals surface area contributed by atoms with E-state index in [1.165, 1.54) is 13.3 Å². The Morgan fingerprint density at radius 1 is 1.57 bits per heavy atom. The molecular weight excluding hydrogens is 182 g/mol. The molecule has 0 aliphatic heterocycles. The number of nitrogens with zero attached hydrogens (tertiary/aromatic N) is 1. The molecule has 0 aliphatic rings. The highest BCUT2D eigenvalue weighted by molar-refractivity contribution is 5.92. The second kappa shape index (κ2) is 4.41. The number of ether oxygens (including phenoxy) is 1. The molecule has 0 saturated carbocycles. The maximum absolute atomic E-state index is 11.2. The zero-order valence-electron chi connectivity index (χ0n) is 8.02. The number of hydrogen-bond acceptors (Lipinski definition) is 4. The summed E-state index contributed by atoms with van der Waals surface area (Å²) in [6.07, 6.45) is 1.28. The fraction of sp³-hybridized carbons (Fsp3) is 0.200. The molecule has 0 aromatic heterocycles. The van der Waals surface area contributed by atoms with Gasteiger partial charge in [-0.15, -0.1) is 0 Å². The van der Waals surface area contributed by atoms with Crippen LogP contribution in [0.2, 0.25) is 0 Å². The van der Waals surface area contributed by atoms with Crippen LogP contribution >= 0.6 is 0 Å². The minimum atomic E-state index is -0.405. The second-order valence-electron chi connectivity index (χ2n) is 2.81. The summed E-state index contributed by atoms with van der Waals surface area (Å²) < 4.78 is 4.56. The Balaban J connectivity index is 3.12. The monoisotopic (exact) mass is 193 g/mol. The summed E-state index contributed by atoms with van der Waals surface area (Å²) in [7, 11) is 1.32. The van der Waals surface area contributed by atoms with Gasteiger partial charge < -0.3 is 9.94 Å². The summed E-state index contributed by atoms with van der Waals surface area (Å²) in [5.74, 6) is -0.405. The van der Waals surface area contributed by atoms with E-state index in [1.54, 1.807) is 18.2 Å². The van der Waals surface area contributed by atoms with E-state index in [0.29, 0.717) is 11.1 Å². The van der Waals surface area contributed by atoms with Gasteiger partial charge in [0.05, 0.1) is 18.9 Å². The van der Waals surface area contributed by atoms with Gasteiger partial charge in [-0.1, -0.05) is 11.2 Å². The smallest absolute Gasteiger partial charge is 0.337 e. The molecule has 14 heavy (non-hydrogen) atoms. The molecule has 0 radical (unpaired) electrons. The molecule has 0 aliphatic carbocycles. The quantitative estimate of drug-likeness (QED) is 0.336. The highest BCUT2D eigenvalue weighted by Crippen LogP contribution is 2.10. The van der Waals surface area contributed by atoms with E-state index in [9.17, 15) is 4.79 Å². The van der Waals surface area contributed by atoms with Gasteiger partial charge in [0, 0.05) is 0 Å². The molecule has 1 N–H and O–H groups in total. The third-order valence-electron chi connectivity index (χ3n) is 1.90. The molecule has 0 unspecified atom stereocenters. The van der Waals surface area contributed by atoms with Crippen molar-refractivity contribution in [1.29, 1.82) is 0 Å². The Labute approximate surface area is 81.8 Å². The van der Waals surface area contributed by atoms with Gasteiger partial charge in [0.25, 0.3) is 0 Å². The average Bonchev–Trinajstić information content (AvgIpc) is 2.20. The van der Waals surface area contributed by atoms with Gasteiger partial charge in [-0.2, -0.15) is 0 Å². The Morgan fingerprint density at radius 3 is 2.86 bits per heavy atom. The lowest BCUT2D eigenvalue weighted by atomic mass is 10.1. The molecule has 0 saturated heterocycles. The first-order valence-corrected chi connectivity index (χ1v) is 4.05. The number of hydrogen-bond donors (Lipinski definition) is 1. The molecule has 1 rings (SSSR count). The number of carbonyl (C=O) groups excluding carboxylic acids is 1. The van der Waals surface area contributed by atoms with Crippen molar-refractivity contribution in [2.75, 3.05) is 7.11 Å². The van der Waals surface area contributed by atoms with Gasteiger partial charge in [0.15, 0.2) is 0 Å². The van der Waals surface area contributed by atoms with E-state index in [4.69, 9.17) is 5.21 Å². The van der Waals surface area contributed by atoms with Crippen molar-refractivity contribution in [3.8, 4) is 0 Å². The van der Waals surface area contributed by atoms with E-state index in [2.05, 4.69) is 9.89 Å². The Kier molecular flexibility index (Phi) is 3.23. The topological polar surface area (TPSA) is 58.9 Å². The number of oxime groups is 1. The first kappa shape index (κ1) is 10.2. The van der Waals surface area contributed by atoms with Gasteiger partial charge in [-0.3, -0.25) is 0 Å². The number of rotatable bonds is 2. The lowest BCUT2D eigenvalue weighted by molar-refractivity contribution is 0.0600. The molecule has 1 aromatic rings. The molecule has 0 bridgehead atoms. The summed E-state index contributed by atoms with van der Waals surface area (Å²) in [5, 5.41) is 11.3. The minimum Gasteiger partial charge on any atom is -0.465 e. The molecule has 4 nitrogen and oxygen atoms in total. The van der Waals surface area contributed by atoms with Crippen LogP contribution in [0, 0.1) is 6.92 Å². The van der Waals surface area contributed by atoms with Crippen LogP contribution in [0.5, 0.6) is 0 Å². The van der Waals surface area contributed by atoms with Crippen LogP contribution in [0.1, 0.15) is 21.5 Å². The van der Waals surface area contributed by atoms with Crippen LogP contribution in [0.25, 0.3) is 0 Å². The molecule has 0 atom stereocenters. The van der Waals surface area contributed by atoms with Gasteiger partial charge in [0.1, 0.15) is 0 Å². The van der Waals surface area contributed by atoms with Crippen LogP contribution in [0.4, 0.5) is 0 Å². The molecule has 4 heteroatoms. The van der Waals surface area contributed by atoms with Crippen LogP contribution in [0.15, 0.2) is 23.4 Å². The first-order valence-electron chi connectivity index (χ1n) is 4.05. The summed E-state index contributed by atoms with van der Waals surface area (Å²) in [6, 6.07) is 5.04. The van der Waals surface area contributed by atoms with E-state index in [0.717, 1.165) is 5.56 Å². The number of carbonyl (C=O) groups is 1. The minimum absolute atomic E-state index is 0.405. The SMILES string of the molecule is COC(=O)c1ccc(C)c(C=NO)c1. The Morgan fingerprint density at radius 2 is 2.29 bits per heavy atom. The van der Waals surface area contributed by atoms with Gasteiger partial charge in [-0.05, 0) is 30.2 Å². The second-order valence-corrected chi connectivity index (χ2v) is 2.81. The standard InChI is InChI=1S/C10H11NO3/c1-7-3-4-8(10(12)14-2)5-9(7)6-11-13/h3-6,13H,1-2H3. The summed E-state index contributed by atoms with van der Waals surface area (Å²) in [4.78, 5) is 11.2. The molecule has 0 heterocycles. The number of benzene rings is 1. The van der Waals surface area contributed by atoms with Crippen molar-refractivity contribution in [3.05, 3.63) is 34.9 Å². The molecule has 0 fully saturated rings. The highest BCUT2D eigenvalue weighted by Gasteiger charge is 2.06. The molecule has 74 valence electrons. The fourth-order valence-electron chi connectivity index (χ4n) is 1.09. The van der Waals surface area contributed by atoms with E-state index in [-0.39, 0.29) is 0 Å². The average molecular weight is 193 g/mol. The third-order valence-corrected chi connectivity index (χ3v) is 1.90. The van der Waals surface area contributed by atoms with Crippen LogP contribution in [-0.4, -0.2) is 24.5 Å². The summed E-state index contributed by atoms with van der Waals surface area (Å²) >= 11 is 0. The maximum atomic E-state index is 11.2. The molecular formula is C10H11NO3. The fourth-order valence-corrected chi connectivity index (χ4v) is 1.09. The molecule has 1 aromatic carbocycles. The van der Waals surface area contributed by atoms with Crippen LogP contribution < -0.4 is 0 Å². The first-order chi connectivity index (χ1) is 6.69. The van der Waals surface area contributed by atoms with Crippen molar-refractivity contribution < 1.29 is 14.7 Å². The maximum Gasteiger partial charge on any atom is 0.337 e. The zero-order valence-corrected chi connectivity index (χ0v) is 8.02. The summed E-state index contributed by atoms with van der Waals surface area (Å²) in [5.41, 5.74) is 2.05. The predicted molar refractivity (Wildman–Crippen MR) is 51.9 cm³/mol. The van der Waals surface area contributed by atoms with Crippen molar-refractivity contribution in [2.24, 2.45) is 5.16 Å². The van der Waals surface area contributed by atoms with Gasteiger partial charge >= 0.3 is 5.97 Å². The van der Waals surface area contributed by atoms with Crippen molar-refractivity contribution in [2.45, 2.75) is 6.92 Å². The van der Waals surface area contributed by atoms with Gasteiger partial charge in [0.2, 0.25) is 0 Å². The highest BCUT2D eigenvalue weighted by atomic mass is 16.5. The van der Waals surface area contributed by atoms with Crippen molar-refractivity contribution >= 4 is 12.2 Å². The van der Waals surface area contributed by atoms with Crippen LogP contribution in [0.3, 0.4) is 0 Å². The number of esters is 1. The molecule has 0 spiro atoms. The normalized spacial score (nSPS) is 10.4. The third kappa shape index (κ3) is 2.10. The zero-order chi connectivity index (χ0) is 10.6. The largest absolute Gasteiger partial charge is 0.465 e. The van der Waals surface area contributed by atoms with Gasteiger partial charge in [-0.25, -0.2) is 4.79 Å². The van der Waals surface area contributed by atoms with E-state index >= 15 is 0 Å². The van der Waals surface area contributed by atoms with Crippen molar-refractivity contribution in [1.82, 2.24) is 0 Å². The lowest BCUT2D eigenvalue weighted by Crippen LogP contribution is -2.02.